The molecule has 10 atom stereocenters. The summed E-state index contributed by atoms with van der Waals surface area (Å²) in [6, 6.07) is 0. The highest BCUT2D eigenvalue weighted by Gasteiger charge is 2.63. The summed E-state index contributed by atoms with van der Waals surface area (Å²) < 4.78 is 0. The van der Waals surface area contributed by atoms with Gasteiger partial charge in [-0.3, -0.25) is 4.79 Å². The molecular weight excluding hydrogens is 340 g/mol. The van der Waals surface area contributed by atoms with Gasteiger partial charge in [0, 0.05) is 6.42 Å². The van der Waals surface area contributed by atoms with Crippen LogP contribution >= 0.6 is 0 Å². The predicted molar refractivity (Wildman–Crippen MR) is 104 cm³/mol. The molecule has 4 nitrogen and oxygen atoms in total. The number of aliphatic carboxylic acids is 1. The summed E-state index contributed by atoms with van der Waals surface area (Å²) in [5.74, 6) is 2.07. The Balaban J connectivity index is 1.60. The second kappa shape index (κ2) is 6.73. The first-order valence-electron chi connectivity index (χ1n) is 11.3. The topological polar surface area (TPSA) is 77.8 Å². The van der Waals surface area contributed by atoms with Gasteiger partial charge in [0.15, 0.2) is 0 Å². The fourth-order valence-corrected chi connectivity index (χ4v) is 8.58. The van der Waals surface area contributed by atoms with Gasteiger partial charge in [-0.1, -0.05) is 20.8 Å². The molecule has 27 heavy (non-hydrogen) atoms. The normalized spacial score (nSPS) is 53.1. The van der Waals surface area contributed by atoms with Gasteiger partial charge < -0.3 is 15.3 Å². The van der Waals surface area contributed by atoms with Gasteiger partial charge in [-0.25, -0.2) is 0 Å². The van der Waals surface area contributed by atoms with Crippen LogP contribution in [0.25, 0.3) is 0 Å². The lowest BCUT2D eigenvalue weighted by molar-refractivity contribution is -0.175. The molecule has 4 fully saturated rings. The van der Waals surface area contributed by atoms with Gasteiger partial charge in [0.1, 0.15) is 0 Å². The molecule has 0 bridgehead atoms. The van der Waals surface area contributed by atoms with E-state index < -0.39 is 5.97 Å². The Labute approximate surface area is 163 Å². The molecule has 4 heteroatoms. The van der Waals surface area contributed by atoms with Gasteiger partial charge in [0.2, 0.25) is 0 Å². The molecule has 4 rings (SSSR count). The number of aliphatic hydroxyl groups excluding tert-OH is 2. The number of hydrogen-bond donors (Lipinski definition) is 3. The molecule has 0 aromatic rings. The van der Waals surface area contributed by atoms with Crippen LogP contribution in [-0.4, -0.2) is 33.5 Å². The molecule has 154 valence electrons. The minimum atomic E-state index is -0.716. The fourth-order valence-electron chi connectivity index (χ4n) is 8.58. The van der Waals surface area contributed by atoms with Crippen LogP contribution in [0, 0.1) is 46.3 Å². The molecule has 0 spiro atoms. The highest BCUT2D eigenvalue weighted by Crippen LogP contribution is 2.68. The fraction of sp³-hybridized carbons (Fsp3) is 0.957. The largest absolute Gasteiger partial charge is 0.481 e. The second-order valence-corrected chi connectivity index (χ2v) is 11.0. The van der Waals surface area contributed by atoms with Crippen LogP contribution in [0.3, 0.4) is 0 Å². The Morgan fingerprint density at radius 2 is 1.78 bits per heavy atom. The van der Waals surface area contributed by atoms with Crippen molar-refractivity contribution >= 4 is 5.97 Å². The van der Waals surface area contributed by atoms with E-state index in [1.54, 1.807) is 0 Å². The Morgan fingerprint density at radius 3 is 2.48 bits per heavy atom. The first-order valence-corrected chi connectivity index (χ1v) is 11.3. The molecule has 0 saturated heterocycles. The number of fused-ring (bicyclic) bond motifs is 5. The number of carboxylic acid groups (broad SMARTS) is 1. The average molecular weight is 379 g/mol. The first-order chi connectivity index (χ1) is 12.7. The maximum absolute atomic E-state index is 11.4. The molecule has 0 aliphatic heterocycles. The minimum Gasteiger partial charge on any atom is -0.481 e. The van der Waals surface area contributed by atoms with Crippen molar-refractivity contribution in [2.75, 3.05) is 0 Å². The van der Waals surface area contributed by atoms with Crippen molar-refractivity contribution < 1.29 is 20.1 Å². The van der Waals surface area contributed by atoms with Crippen molar-refractivity contribution in [1.82, 2.24) is 0 Å². The number of hydrogen-bond acceptors (Lipinski definition) is 3. The van der Waals surface area contributed by atoms with E-state index in [0.717, 1.165) is 38.5 Å². The van der Waals surface area contributed by atoms with Crippen molar-refractivity contribution in [3.63, 3.8) is 0 Å². The van der Waals surface area contributed by atoms with Crippen molar-refractivity contribution in [1.29, 1.82) is 0 Å². The lowest BCUT2D eigenvalue weighted by atomic mass is 9.43. The Bertz CT molecular complexity index is 591. The number of carbonyl (C=O) groups is 1. The molecule has 0 radical (unpaired) electrons. The van der Waals surface area contributed by atoms with E-state index in [0.29, 0.717) is 29.6 Å². The van der Waals surface area contributed by atoms with Gasteiger partial charge >= 0.3 is 5.97 Å². The van der Waals surface area contributed by atoms with Gasteiger partial charge in [0.05, 0.1) is 12.2 Å². The molecule has 0 heterocycles. The highest BCUT2D eigenvalue weighted by molar-refractivity contribution is 5.67. The van der Waals surface area contributed by atoms with Crippen LogP contribution in [0.5, 0.6) is 0 Å². The molecule has 4 aliphatic carbocycles. The smallest absolute Gasteiger partial charge is 0.303 e. The minimum absolute atomic E-state index is 0.125. The standard InChI is InChI=1S/C23H38O4/c1-13(10-21(26)27)17-6-7-18-16-5-4-14-11-15(24)8-9-22(14,2)19(16)12-20(25)23(17,18)3/h13-20,24-25H,4-12H2,1-3H3,(H,26,27)/t13-,14-,15-,16+,17-,18+,19+,20+,22+,23-/m1/s1. The number of aliphatic hydroxyl groups is 2. The van der Waals surface area contributed by atoms with Crippen molar-refractivity contribution in [3.8, 4) is 0 Å². The van der Waals surface area contributed by atoms with E-state index in [4.69, 9.17) is 0 Å². The van der Waals surface area contributed by atoms with E-state index in [-0.39, 0.29) is 35.4 Å². The molecule has 0 aromatic carbocycles. The zero-order chi connectivity index (χ0) is 19.6. The van der Waals surface area contributed by atoms with E-state index in [1.807, 2.05) is 0 Å². The summed E-state index contributed by atoms with van der Waals surface area (Å²) in [5, 5.41) is 30.8. The third-order valence-corrected chi connectivity index (χ3v) is 10.00. The SMILES string of the molecule is C[C@H](CC(=O)O)[C@H]1CC[C@H]2[C@@H]3CC[C@@H]4C[C@H](O)CC[C@]4(C)[C@H]3C[C@H](O)[C@]12C. The van der Waals surface area contributed by atoms with Crippen molar-refractivity contribution in [3.05, 3.63) is 0 Å². The Kier molecular flexibility index (Phi) is 4.91. The van der Waals surface area contributed by atoms with Gasteiger partial charge in [0.25, 0.3) is 0 Å². The molecule has 0 unspecified atom stereocenters. The van der Waals surface area contributed by atoms with Crippen LogP contribution in [0.1, 0.15) is 78.6 Å². The quantitative estimate of drug-likeness (QED) is 0.691. The maximum atomic E-state index is 11.4. The van der Waals surface area contributed by atoms with Gasteiger partial charge in [-0.15, -0.1) is 0 Å². The molecule has 0 amide bonds. The van der Waals surface area contributed by atoms with Crippen LogP contribution in [0.15, 0.2) is 0 Å². The summed E-state index contributed by atoms with van der Waals surface area (Å²) in [6.07, 6.45) is 8.22. The summed E-state index contributed by atoms with van der Waals surface area (Å²) in [4.78, 5) is 11.3. The summed E-state index contributed by atoms with van der Waals surface area (Å²) in [5.41, 5.74) is 0.128. The number of carboxylic acids is 1. The van der Waals surface area contributed by atoms with Crippen LogP contribution < -0.4 is 0 Å². The van der Waals surface area contributed by atoms with Crippen LogP contribution in [0.4, 0.5) is 0 Å². The first kappa shape index (κ1) is 19.7. The summed E-state index contributed by atoms with van der Waals surface area (Å²) in [7, 11) is 0. The monoisotopic (exact) mass is 378 g/mol. The molecule has 3 N–H and O–H groups in total. The van der Waals surface area contributed by atoms with E-state index in [9.17, 15) is 20.1 Å². The lowest BCUT2D eigenvalue weighted by Crippen LogP contribution is -2.58. The zero-order valence-electron chi connectivity index (χ0n) is 17.2. The number of rotatable bonds is 3. The molecule has 0 aromatic heterocycles. The molecular formula is C23H38O4. The van der Waals surface area contributed by atoms with Gasteiger partial charge in [-0.05, 0) is 97.7 Å². The third-order valence-electron chi connectivity index (χ3n) is 10.00. The molecule has 4 aliphatic rings. The van der Waals surface area contributed by atoms with E-state index in [1.165, 1.54) is 12.8 Å². The predicted octanol–water partition coefficient (Wildman–Crippen LogP) is 4.09. The maximum Gasteiger partial charge on any atom is 0.303 e. The summed E-state index contributed by atoms with van der Waals surface area (Å²) in [6.45, 7) is 6.79. The second-order valence-electron chi connectivity index (χ2n) is 11.0. The van der Waals surface area contributed by atoms with Crippen LogP contribution in [-0.2, 0) is 4.79 Å². The average Bonchev–Trinajstić information content (AvgIpc) is 2.95. The highest BCUT2D eigenvalue weighted by atomic mass is 16.4. The van der Waals surface area contributed by atoms with E-state index in [2.05, 4.69) is 20.8 Å². The zero-order valence-corrected chi connectivity index (χ0v) is 17.2. The van der Waals surface area contributed by atoms with Crippen molar-refractivity contribution in [2.24, 2.45) is 46.3 Å². The molecule has 4 saturated carbocycles. The van der Waals surface area contributed by atoms with Crippen molar-refractivity contribution in [2.45, 2.75) is 90.8 Å². The van der Waals surface area contributed by atoms with E-state index >= 15 is 0 Å². The Morgan fingerprint density at radius 1 is 1.04 bits per heavy atom. The van der Waals surface area contributed by atoms with Gasteiger partial charge in [-0.2, -0.15) is 0 Å². The lowest BCUT2D eigenvalue weighted by Gasteiger charge is -2.62. The third kappa shape index (κ3) is 2.88. The Hall–Kier alpha value is -0.610. The summed E-state index contributed by atoms with van der Waals surface area (Å²) >= 11 is 0. The van der Waals surface area contributed by atoms with Crippen LogP contribution in [0.2, 0.25) is 0 Å².